The minimum Gasteiger partial charge on any atom is -0.497 e. The number of amides is 2. The molecule has 0 spiro atoms. The van der Waals surface area contributed by atoms with Gasteiger partial charge in [0.15, 0.2) is 0 Å². The quantitative estimate of drug-likeness (QED) is 0.836. The van der Waals surface area contributed by atoms with E-state index in [2.05, 4.69) is 0 Å². The van der Waals surface area contributed by atoms with Gasteiger partial charge in [0.1, 0.15) is 5.75 Å². The molecule has 1 aromatic carbocycles. The minimum atomic E-state index is -1.31. The highest BCUT2D eigenvalue weighted by Gasteiger charge is 2.55. The van der Waals surface area contributed by atoms with E-state index in [1.165, 1.54) is 12.0 Å². The smallest absolute Gasteiger partial charge is 0.304 e. The number of hydrogen-bond donors (Lipinski definition) is 1. The summed E-state index contributed by atoms with van der Waals surface area (Å²) in [7, 11) is 1.54. The summed E-state index contributed by atoms with van der Waals surface area (Å²) in [5.74, 6) is -1.09. The van der Waals surface area contributed by atoms with Crippen LogP contribution in [0.5, 0.6) is 5.75 Å². The molecule has 1 aliphatic carbocycles. The normalized spacial score (nSPS) is 24.6. The van der Waals surface area contributed by atoms with Gasteiger partial charge in [-0.15, -0.1) is 0 Å². The lowest BCUT2D eigenvalue weighted by Crippen LogP contribution is -2.44. The van der Waals surface area contributed by atoms with Gasteiger partial charge in [-0.05, 0) is 30.5 Å². The van der Waals surface area contributed by atoms with Crippen molar-refractivity contribution in [2.45, 2.75) is 50.0 Å². The second kappa shape index (κ2) is 6.26. The van der Waals surface area contributed by atoms with E-state index in [-0.39, 0.29) is 30.7 Å². The van der Waals surface area contributed by atoms with Crippen LogP contribution in [0, 0.1) is 0 Å². The first-order valence-corrected chi connectivity index (χ1v) is 8.21. The largest absolute Gasteiger partial charge is 0.497 e. The van der Waals surface area contributed by atoms with E-state index in [9.17, 15) is 19.5 Å². The molecule has 2 aliphatic rings. The van der Waals surface area contributed by atoms with Crippen molar-refractivity contribution in [3.05, 3.63) is 29.8 Å². The first-order chi connectivity index (χ1) is 11.5. The number of methoxy groups -OCH3 is 1. The van der Waals surface area contributed by atoms with Gasteiger partial charge in [-0.25, -0.2) is 0 Å². The number of carboxylic acids is 1. The maximum absolute atomic E-state index is 13.1. The van der Waals surface area contributed by atoms with Crippen LogP contribution in [0.4, 0.5) is 0 Å². The highest BCUT2D eigenvalue weighted by molar-refractivity contribution is 6.10. The van der Waals surface area contributed by atoms with Crippen molar-refractivity contribution < 1.29 is 24.2 Å². The zero-order valence-corrected chi connectivity index (χ0v) is 13.7. The first-order valence-electron chi connectivity index (χ1n) is 8.21. The highest BCUT2D eigenvalue weighted by atomic mass is 16.5. The maximum Gasteiger partial charge on any atom is 0.304 e. The van der Waals surface area contributed by atoms with E-state index < -0.39 is 11.4 Å². The van der Waals surface area contributed by atoms with Gasteiger partial charge in [0, 0.05) is 12.5 Å². The Morgan fingerprint density at radius 1 is 1.25 bits per heavy atom. The number of rotatable bonds is 5. The summed E-state index contributed by atoms with van der Waals surface area (Å²) in [5.41, 5.74) is -0.748. The number of carbonyl (C=O) groups excluding carboxylic acids is 2. The summed E-state index contributed by atoms with van der Waals surface area (Å²) in [6.45, 7) is 0. The van der Waals surface area contributed by atoms with Gasteiger partial charge in [-0.3, -0.25) is 19.3 Å². The lowest BCUT2D eigenvalue weighted by atomic mass is 9.76. The number of benzene rings is 1. The van der Waals surface area contributed by atoms with Crippen LogP contribution in [0.1, 0.15) is 44.1 Å². The van der Waals surface area contributed by atoms with Crippen LogP contribution in [0.15, 0.2) is 24.3 Å². The average molecular weight is 331 g/mol. The average Bonchev–Trinajstić information content (AvgIpc) is 3.15. The molecule has 1 N–H and O–H groups in total. The maximum atomic E-state index is 13.1. The van der Waals surface area contributed by atoms with Crippen molar-refractivity contribution in [1.82, 2.24) is 4.90 Å². The molecule has 1 saturated carbocycles. The summed E-state index contributed by atoms with van der Waals surface area (Å²) < 4.78 is 5.12. The molecule has 1 saturated heterocycles. The number of carboxylic acid groups (broad SMARTS) is 1. The van der Waals surface area contributed by atoms with E-state index in [1.54, 1.807) is 24.3 Å². The summed E-state index contributed by atoms with van der Waals surface area (Å²) in [6.07, 6.45) is 3.15. The van der Waals surface area contributed by atoms with E-state index >= 15 is 0 Å². The fourth-order valence-electron chi connectivity index (χ4n) is 3.93. The van der Waals surface area contributed by atoms with Gasteiger partial charge < -0.3 is 9.84 Å². The van der Waals surface area contributed by atoms with Gasteiger partial charge in [0.2, 0.25) is 11.8 Å². The molecule has 0 bridgehead atoms. The molecule has 1 aromatic rings. The summed E-state index contributed by atoms with van der Waals surface area (Å²) in [6, 6.07) is 6.67. The fourth-order valence-corrected chi connectivity index (χ4v) is 3.93. The second-order valence-corrected chi connectivity index (χ2v) is 6.57. The number of aliphatic carboxylic acids is 1. The van der Waals surface area contributed by atoms with Gasteiger partial charge in [0.05, 0.1) is 18.9 Å². The van der Waals surface area contributed by atoms with E-state index in [0.29, 0.717) is 11.3 Å². The van der Waals surface area contributed by atoms with Gasteiger partial charge >= 0.3 is 5.97 Å². The molecule has 0 aromatic heterocycles. The Balaban J connectivity index is 2.00. The van der Waals surface area contributed by atoms with Gasteiger partial charge in [-0.2, -0.15) is 0 Å². The SMILES string of the molecule is COc1ccc([C@]2(CC(=O)O)CC(=O)N(C3CCCC3)C2=O)cc1. The predicted octanol–water partition coefficient (Wildman–Crippen LogP) is 2.11. The Labute approximate surface area is 140 Å². The third-order valence-corrected chi connectivity index (χ3v) is 5.14. The molecular formula is C18H21NO5. The Bertz CT molecular complexity index is 662. The van der Waals surface area contributed by atoms with Crippen molar-refractivity contribution >= 4 is 17.8 Å². The molecule has 0 unspecified atom stereocenters. The molecule has 6 nitrogen and oxygen atoms in total. The molecule has 1 heterocycles. The van der Waals surface area contributed by atoms with Crippen LogP contribution in [-0.2, 0) is 19.8 Å². The molecule has 6 heteroatoms. The van der Waals surface area contributed by atoms with Crippen molar-refractivity contribution in [3.63, 3.8) is 0 Å². The number of likely N-dealkylation sites (tertiary alicyclic amines) is 1. The zero-order chi connectivity index (χ0) is 17.3. The number of ether oxygens (including phenoxy) is 1. The second-order valence-electron chi connectivity index (χ2n) is 6.57. The monoisotopic (exact) mass is 331 g/mol. The van der Waals surface area contributed by atoms with Crippen LogP contribution >= 0.6 is 0 Å². The van der Waals surface area contributed by atoms with Crippen LogP contribution in [0.2, 0.25) is 0 Å². The molecule has 24 heavy (non-hydrogen) atoms. The van der Waals surface area contributed by atoms with Crippen molar-refractivity contribution in [2.24, 2.45) is 0 Å². The molecule has 128 valence electrons. The summed E-state index contributed by atoms with van der Waals surface area (Å²) in [4.78, 5) is 38.4. The van der Waals surface area contributed by atoms with Crippen LogP contribution in [0.3, 0.4) is 0 Å². The number of nitrogens with zero attached hydrogens (tertiary/aromatic N) is 1. The molecule has 1 aliphatic heterocycles. The first kappa shape index (κ1) is 16.5. The predicted molar refractivity (Wildman–Crippen MR) is 85.7 cm³/mol. The molecule has 0 radical (unpaired) electrons. The van der Waals surface area contributed by atoms with Gasteiger partial charge in [-0.1, -0.05) is 25.0 Å². The molecular weight excluding hydrogens is 310 g/mol. The van der Waals surface area contributed by atoms with Crippen molar-refractivity contribution in [2.75, 3.05) is 7.11 Å². The van der Waals surface area contributed by atoms with E-state index in [4.69, 9.17) is 4.74 Å². The number of imide groups is 1. The van der Waals surface area contributed by atoms with Crippen LogP contribution in [-0.4, -0.2) is 40.9 Å². The van der Waals surface area contributed by atoms with E-state index in [1.807, 2.05) is 0 Å². The minimum absolute atomic E-state index is 0.0824. The Kier molecular flexibility index (Phi) is 4.30. The van der Waals surface area contributed by atoms with Crippen LogP contribution < -0.4 is 4.74 Å². The Morgan fingerprint density at radius 3 is 2.42 bits per heavy atom. The molecule has 1 atom stereocenters. The molecule has 2 amide bonds. The third-order valence-electron chi connectivity index (χ3n) is 5.14. The Hall–Kier alpha value is -2.37. The standard InChI is InChI=1S/C18H21NO5/c1-24-14-8-6-12(7-9-14)18(11-16(21)22)10-15(20)19(17(18)23)13-4-2-3-5-13/h6-9,13H,2-5,10-11H2,1H3,(H,21,22)/t18-/m1/s1. The van der Waals surface area contributed by atoms with Crippen molar-refractivity contribution in [3.8, 4) is 5.75 Å². The van der Waals surface area contributed by atoms with Crippen LogP contribution in [0.25, 0.3) is 0 Å². The Morgan fingerprint density at radius 2 is 1.88 bits per heavy atom. The number of carbonyl (C=O) groups is 3. The van der Waals surface area contributed by atoms with E-state index in [0.717, 1.165) is 25.7 Å². The zero-order valence-electron chi connectivity index (χ0n) is 13.7. The highest BCUT2D eigenvalue weighted by Crippen LogP contribution is 2.43. The lowest BCUT2D eigenvalue weighted by Gasteiger charge is -2.28. The summed E-state index contributed by atoms with van der Waals surface area (Å²) >= 11 is 0. The summed E-state index contributed by atoms with van der Waals surface area (Å²) in [5, 5.41) is 9.35. The van der Waals surface area contributed by atoms with Crippen molar-refractivity contribution in [1.29, 1.82) is 0 Å². The fraction of sp³-hybridized carbons (Fsp3) is 0.500. The molecule has 2 fully saturated rings. The molecule has 3 rings (SSSR count). The third kappa shape index (κ3) is 2.66. The topological polar surface area (TPSA) is 83.9 Å². The number of hydrogen-bond acceptors (Lipinski definition) is 4. The van der Waals surface area contributed by atoms with Gasteiger partial charge in [0.25, 0.3) is 0 Å². The lowest BCUT2D eigenvalue weighted by molar-refractivity contribution is -0.146.